The van der Waals surface area contributed by atoms with Gasteiger partial charge < -0.3 is 9.26 Å². The molecule has 1 atom stereocenters. The highest BCUT2D eigenvalue weighted by atomic mass is 31.2. The molecule has 0 N–H and O–H groups in total. The van der Waals surface area contributed by atoms with Gasteiger partial charge in [0.15, 0.2) is 0 Å². The van der Waals surface area contributed by atoms with Crippen molar-refractivity contribution in [3.05, 3.63) is 0 Å². The molecule has 11 heavy (non-hydrogen) atoms. The van der Waals surface area contributed by atoms with Gasteiger partial charge in [-0.15, -0.1) is 0 Å². The van der Waals surface area contributed by atoms with Gasteiger partial charge in [-0.2, -0.15) is 4.20 Å². The van der Waals surface area contributed by atoms with Crippen molar-refractivity contribution in [1.82, 2.24) is 0 Å². The topological polar surface area (TPSA) is 35.5 Å². The molecule has 0 aromatic heterocycles. The summed E-state index contributed by atoms with van der Waals surface area (Å²) in [6.07, 6.45) is -0.282. The third-order valence-corrected chi connectivity index (χ3v) is 1.74. The number of ether oxygens (including phenoxy) is 1. The minimum absolute atomic E-state index is 0.184. The number of carbonyl (C=O) groups is 1. The second-order valence-corrected chi connectivity index (χ2v) is 3.16. The molecule has 0 radical (unpaired) electrons. The van der Waals surface area contributed by atoms with Crippen LogP contribution < -0.4 is 0 Å². The fourth-order valence-corrected chi connectivity index (χ4v) is 1.09. The summed E-state index contributed by atoms with van der Waals surface area (Å²) in [4.78, 5) is 10.6. The number of carbonyl (C=O) groups excluding carboxylic acids is 1. The van der Waals surface area contributed by atoms with Crippen molar-refractivity contribution in [1.29, 1.82) is 0 Å². The minimum Gasteiger partial charge on any atom is -0.459 e. The molecule has 0 aromatic carbocycles. The lowest BCUT2D eigenvalue weighted by atomic mass is 10.5. The SMILES string of the molecule is CCOC(=O)P(F)OC(C)C. The van der Waals surface area contributed by atoms with E-state index in [-0.39, 0.29) is 12.7 Å². The van der Waals surface area contributed by atoms with Crippen molar-refractivity contribution in [2.24, 2.45) is 0 Å². The Morgan fingerprint density at radius 2 is 2.18 bits per heavy atom. The summed E-state index contributed by atoms with van der Waals surface area (Å²) in [7, 11) is -2.55. The van der Waals surface area contributed by atoms with Crippen LogP contribution in [0, 0.1) is 0 Å². The summed E-state index contributed by atoms with van der Waals surface area (Å²) in [6.45, 7) is 5.13. The zero-order valence-corrected chi connectivity index (χ0v) is 7.73. The lowest BCUT2D eigenvalue weighted by Gasteiger charge is -2.09. The zero-order chi connectivity index (χ0) is 8.85. The fraction of sp³-hybridized carbons (Fsp3) is 0.833. The Labute approximate surface area is 66.8 Å². The normalized spacial score (nSPS) is 13.2. The molecule has 0 bridgehead atoms. The molecule has 0 aliphatic rings. The zero-order valence-electron chi connectivity index (χ0n) is 6.83. The highest BCUT2D eigenvalue weighted by Crippen LogP contribution is 2.41. The molecule has 0 heterocycles. The highest BCUT2D eigenvalue weighted by molar-refractivity contribution is 7.65. The number of rotatable bonds is 4. The maximum atomic E-state index is 12.6. The largest absolute Gasteiger partial charge is 0.459 e. The van der Waals surface area contributed by atoms with Gasteiger partial charge in [-0.25, -0.2) is 4.79 Å². The van der Waals surface area contributed by atoms with Crippen molar-refractivity contribution >= 4 is 14.2 Å². The fourth-order valence-electron chi connectivity index (χ4n) is 0.402. The third-order valence-electron chi connectivity index (χ3n) is 0.715. The second kappa shape index (κ2) is 5.44. The van der Waals surface area contributed by atoms with Crippen molar-refractivity contribution in [2.75, 3.05) is 6.61 Å². The van der Waals surface area contributed by atoms with Crippen LogP contribution in [-0.4, -0.2) is 18.4 Å². The van der Waals surface area contributed by atoms with Gasteiger partial charge in [0, 0.05) is 0 Å². The van der Waals surface area contributed by atoms with Gasteiger partial charge in [-0.1, -0.05) is 0 Å². The molecule has 1 unspecified atom stereocenters. The third kappa shape index (κ3) is 5.10. The molecule has 66 valence electrons. The molecule has 0 spiro atoms. The van der Waals surface area contributed by atoms with Crippen LogP contribution in [0.2, 0.25) is 0 Å². The van der Waals surface area contributed by atoms with Crippen LogP contribution in [0.1, 0.15) is 20.8 Å². The molecule has 3 nitrogen and oxygen atoms in total. The van der Waals surface area contributed by atoms with E-state index in [0.29, 0.717) is 0 Å². The summed E-state index contributed by atoms with van der Waals surface area (Å²) in [6, 6.07) is 0. The van der Waals surface area contributed by atoms with Crippen molar-refractivity contribution in [3.8, 4) is 0 Å². The Hall–Kier alpha value is -0.210. The maximum absolute atomic E-state index is 12.6. The van der Waals surface area contributed by atoms with Crippen LogP contribution in [0.5, 0.6) is 0 Å². The standard InChI is InChI=1S/C6H12FO3P/c1-4-9-6(8)11(7)10-5(2)3/h5H,4H2,1-3H3. The first-order valence-electron chi connectivity index (χ1n) is 3.37. The van der Waals surface area contributed by atoms with E-state index in [1.807, 2.05) is 0 Å². The Bertz CT molecular complexity index is 129. The Balaban J connectivity index is 3.64. The van der Waals surface area contributed by atoms with E-state index < -0.39 is 14.2 Å². The summed E-state index contributed by atoms with van der Waals surface area (Å²) >= 11 is 0. The van der Waals surface area contributed by atoms with Crippen molar-refractivity contribution in [3.63, 3.8) is 0 Å². The van der Waals surface area contributed by atoms with Gasteiger partial charge in [0.25, 0.3) is 0 Å². The van der Waals surface area contributed by atoms with Gasteiger partial charge in [0.1, 0.15) is 0 Å². The van der Waals surface area contributed by atoms with E-state index in [1.165, 1.54) is 0 Å². The van der Waals surface area contributed by atoms with Crippen LogP contribution >= 0.6 is 8.46 Å². The lowest BCUT2D eigenvalue weighted by Crippen LogP contribution is -2.03. The summed E-state index contributed by atoms with van der Waals surface area (Å²) in [5, 5.41) is 0. The van der Waals surface area contributed by atoms with E-state index in [4.69, 9.17) is 0 Å². The van der Waals surface area contributed by atoms with Gasteiger partial charge in [0.05, 0.1) is 12.7 Å². The number of hydrogen-bond acceptors (Lipinski definition) is 3. The molecule has 0 aliphatic heterocycles. The second-order valence-electron chi connectivity index (χ2n) is 2.10. The van der Waals surface area contributed by atoms with E-state index >= 15 is 0 Å². The molecule has 0 saturated carbocycles. The Morgan fingerprint density at radius 3 is 2.55 bits per heavy atom. The van der Waals surface area contributed by atoms with E-state index in [1.54, 1.807) is 20.8 Å². The molecule has 0 amide bonds. The molecule has 0 aromatic rings. The first-order chi connectivity index (χ1) is 5.07. The highest BCUT2D eigenvalue weighted by Gasteiger charge is 2.22. The van der Waals surface area contributed by atoms with Gasteiger partial charge in [-0.3, -0.25) is 0 Å². The monoisotopic (exact) mass is 182 g/mol. The van der Waals surface area contributed by atoms with Crippen molar-refractivity contribution < 1.29 is 18.3 Å². The smallest absolute Gasteiger partial charge is 0.389 e. The van der Waals surface area contributed by atoms with E-state index in [2.05, 4.69) is 9.26 Å². The maximum Gasteiger partial charge on any atom is 0.389 e. The Morgan fingerprint density at radius 1 is 1.64 bits per heavy atom. The average molecular weight is 182 g/mol. The minimum atomic E-state index is -2.55. The van der Waals surface area contributed by atoms with E-state index in [0.717, 1.165) is 0 Å². The van der Waals surface area contributed by atoms with E-state index in [9.17, 15) is 8.99 Å². The molecule has 0 fully saturated rings. The molecule has 0 saturated heterocycles. The Kier molecular flexibility index (Phi) is 5.34. The van der Waals surface area contributed by atoms with Crippen LogP contribution in [0.25, 0.3) is 0 Å². The van der Waals surface area contributed by atoms with Crippen LogP contribution in [0.3, 0.4) is 0 Å². The van der Waals surface area contributed by atoms with Gasteiger partial charge >= 0.3 is 14.2 Å². The van der Waals surface area contributed by atoms with Crippen molar-refractivity contribution in [2.45, 2.75) is 26.9 Å². The summed E-state index contributed by atoms with van der Waals surface area (Å²) in [5.41, 5.74) is -0.892. The quantitative estimate of drug-likeness (QED) is 0.627. The number of hydrogen-bond donors (Lipinski definition) is 0. The first-order valence-corrected chi connectivity index (χ1v) is 4.52. The first kappa shape index (κ1) is 10.8. The predicted molar refractivity (Wildman–Crippen MR) is 41.3 cm³/mol. The number of halogens is 1. The molecule has 5 heteroatoms. The van der Waals surface area contributed by atoms with Crippen LogP contribution in [0.15, 0.2) is 0 Å². The summed E-state index contributed by atoms with van der Waals surface area (Å²) < 4.78 is 21.6. The average Bonchev–Trinajstić information content (AvgIpc) is 1.86. The van der Waals surface area contributed by atoms with Gasteiger partial charge in [-0.05, 0) is 20.8 Å². The molecular weight excluding hydrogens is 170 g/mol. The lowest BCUT2D eigenvalue weighted by molar-refractivity contribution is 0.168. The van der Waals surface area contributed by atoms with Crippen LogP contribution in [0.4, 0.5) is 8.99 Å². The summed E-state index contributed by atoms with van der Waals surface area (Å²) in [5.74, 6) is 0. The predicted octanol–water partition coefficient (Wildman–Crippen LogP) is 2.85. The molecule has 0 aliphatic carbocycles. The van der Waals surface area contributed by atoms with Crippen LogP contribution in [-0.2, 0) is 9.26 Å². The molecular formula is C6H12FO3P. The van der Waals surface area contributed by atoms with Gasteiger partial charge in [0.2, 0.25) is 0 Å². The molecule has 0 rings (SSSR count).